The van der Waals surface area contributed by atoms with Crippen LogP contribution in [-0.4, -0.2) is 22.2 Å². The van der Waals surface area contributed by atoms with Crippen molar-refractivity contribution in [2.75, 3.05) is 0 Å². The average Bonchev–Trinajstić information content (AvgIpc) is 1.13. The second-order valence-electron chi connectivity index (χ2n) is 27.5. The number of fused-ring (bicyclic) bond motifs is 10. The van der Waals surface area contributed by atoms with Crippen molar-refractivity contribution in [2.24, 2.45) is 0 Å². The van der Waals surface area contributed by atoms with Crippen molar-refractivity contribution in [3.05, 3.63) is 320 Å². The summed E-state index contributed by atoms with van der Waals surface area (Å²) in [4.78, 5) is 4.92. The maximum Gasteiger partial charge on any atom is 0.269 e. The lowest BCUT2D eigenvalue weighted by molar-refractivity contribution is -0.570. The van der Waals surface area contributed by atoms with Crippen LogP contribution in [0.2, 0.25) is 0 Å². The van der Waals surface area contributed by atoms with Gasteiger partial charge in [0, 0.05) is 23.0 Å². The fourth-order valence-corrected chi connectivity index (χ4v) is 17.5. The molecular weight excluding hydrogens is 1180 g/mol. The summed E-state index contributed by atoms with van der Waals surface area (Å²) in [6.07, 6.45) is 5.64. The molecule has 0 radical (unpaired) electrons. The van der Waals surface area contributed by atoms with Gasteiger partial charge in [-0.05, 0) is 158 Å². The minimum Gasteiger partial charge on any atom is -0.458 e. The fraction of sp³-hybridized carbons (Fsp3) is 0.133. The first kappa shape index (κ1) is 41.7. The number of hydrogen-bond donors (Lipinski definition) is 0. The first-order chi connectivity index (χ1) is 54.8. The van der Waals surface area contributed by atoms with E-state index in [0.29, 0.717) is 67.6 Å². The second-order valence-corrected chi connectivity index (χ2v) is 31.0. The van der Waals surface area contributed by atoms with Gasteiger partial charge < -0.3 is 4.74 Å². The number of para-hydroxylation sites is 2. The molecule has 0 spiro atoms. The first-order valence-corrected chi connectivity index (χ1v) is 33.9. The van der Waals surface area contributed by atoms with E-state index in [4.69, 9.17) is 15.2 Å². The van der Waals surface area contributed by atoms with Gasteiger partial charge in [0.2, 0.25) is 0 Å². The van der Waals surface area contributed by atoms with Crippen LogP contribution in [0.4, 0.5) is 0 Å². The maximum atomic E-state index is 10.3. The van der Waals surface area contributed by atoms with Crippen molar-refractivity contribution in [3.8, 4) is 84.3 Å². The molecule has 96 heavy (non-hydrogen) atoms. The van der Waals surface area contributed by atoms with Crippen LogP contribution in [0, 0.1) is 6.33 Å². The summed E-state index contributed by atoms with van der Waals surface area (Å²) >= 11 is 0. The molecule has 4 heterocycles. The molecule has 0 atom stereocenters. The van der Waals surface area contributed by atoms with Gasteiger partial charge in [0.05, 0.1) is 60.9 Å². The number of nitrogens with zero attached hydrogens (tertiary/aromatic N) is 4. The van der Waals surface area contributed by atoms with E-state index in [1.807, 2.05) is 83.6 Å². The van der Waals surface area contributed by atoms with E-state index in [2.05, 4.69) is 104 Å². The van der Waals surface area contributed by atoms with Crippen LogP contribution in [0.3, 0.4) is 0 Å². The molecule has 0 saturated heterocycles. The number of pyridine rings is 1. The zero-order valence-corrected chi connectivity index (χ0v) is 55.4. The minimum atomic E-state index is -5.97. The molecule has 6 heteroatoms. The molecule has 0 fully saturated rings. The summed E-state index contributed by atoms with van der Waals surface area (Å²) in [5.41, 5.74) is 8.71. The largest absolute Gasteiger partial charge is 0.458 e. The maximum absolute atomic E-state index is 10.3. The highest BCUT2D eigenvalue weighted by Crippen LogP contribution is 2.49. The van der Waals surface area contributed by atoms with Gasteiger partial charge in [-0.2, -0.15) is 0 Å². The summed E-state index contributed by atoms with van der Waals surface area (Å²) in [5.74, 6) is 1.42. The summed E-state index contributed by atoms with van der Waals surface area (Å²) in [6.45, 7) is 19.2. The molecule has 16 rings (SSSR count). The number of aromatic nitrogens is 4. The zero-order chi connectivity index (χ0) is 83.1. The Morgan fingerprint density at radius 3 is 1.59 bits per heavy atom. The van der Waals surface area contributed by atoms with Crippen LogP contribution in [0.15, 0.2) is 297 Å². The van der Waals surface area contributed by atoms with Crippen molar-refractivity contribution in [1.82, 2.24) is 14.1 Å². The Labute approximate surface area is 593 Å². The SMILES string of the molecule is [2H]c1c([2H])c([2H])c(-c2cccc3c2-c2cccc(-c4cc(C(C)(C)C)cc(C(C)(C)C)c4)c2-[n+]2[c-]n(-c4cccc(Oc5ccc6c7ccccc7n(-c7cc(C(C)(C)C)ccn7)c6c5)c4)c4cc([Si](c5c([2H])c([2H])c([2H])c([2H])c5[2H])(c5c([2H])c([2H])c([2H])c([2H])c5[2H])c5c([2H])c([2H])c([2H])c([2H])c5[2H])cc(c42)-c2ccccc2-3)c([2H])c1[2H]. The molecule has 3 aromatic heterocycles. The Hall–Kier alpha value is -10.9. The Balaban J connectivity index is 1.12. The highest BCUT2D eigenvalue weighted by atomic mass is 28.3. The molecular formula is C90H76N4OSi. The van der Waals surface area contributed by atoms with Gasteiger partial charge in [0.25, 0.3) is 6.33 Å². The molecule has 12 aromatic carbocycles. The van der Waals surface area contributed by atoms with Crippen LogP contribution in [0.1, 0.15) is 106 Å². The normalized spacial score (nSPS) is 15.3. The number of ether oxygens (including phenoxy) is 1. The lowest BCUT2D eigenvalue weighted by Crippen LogP contribution is -2.74. The predicted octanol–water partition coefficient (Wildman–Crippen LogP) is 19.9. The molecule has 0 N–H and O–H groups in total. The average molecular weight is 1280 g/mol. The van der Waals surface area contributed by atoms with Gasteiger partial charge in [-0.3, -0.25) is 13.7 Å². The molecule has 0 amide bonds. The Bertz CT molecular complexity index is 6470. The van der Waals surface area contributed by atoms with Gasteiger partial charge in [0.1, 0.15) is 17.3 Å². The van der Waals surface area contributed by atoms with Gasteiger partial charge in [-0.25, -0.2) is 4.98 Å². The van der Waals surface area contributed by atoms with E-state index >= 15 is 0 Å². The van der Waals surface area contributed by atoms with E-state index in [9.17, 15) is 21.9 Å². The summed E-state index contributed by atoms with van der Waals surface area (Å²) < 4.78 is 206. The Morgan fingerprint density at radius 2 is 0.948 bits per heavy atom. The molecule has 0 unspecified atom stereocenters. The quantitative estimate of drug-likeness (QED) is 0.0592. The topological polar surface area (TPSA) is 35.9 Å². The lowest BCUT2D eigenvalue weighted by atomic mass is 9.78. The van der Waals surface area contributed by atoms with Crippen LogP contribution < -0.4 is 30.1 Å². The van der Waals surface area contributed by atoms with Crippen LogP contribution >= 0.6 is 0 Å². The number of benzene rings is 12. The summed E-state index contributed by atoms with van der Waals surface area (Å²) in [6, 6.07) is 36.3. The fourth-order valence-electron chi connectivity index (χ4n) is 13.7. The minimum absolute atomic E-state index is 0.113. The van der Waals surface area contributed by atoms with Crippen molar-refractivity contribution in [2.45, 2.75) is 78.6 Å². The molecule has 1 aliphatic rings. The highest BCUT2D eigenvalue weighted by Gasteiger charge is 2.43. The number of hydrogen-bond acceptors (Lipinski definition) is 2. The standard InChI is InChI=1S/C90H76N4OSi/c1-88(2,3)62-49-50-91-84(54-62)94-81-46-25-24-41-76(81)77-48-47-67(56-82(77)94)95-66-32-26-31-65(55-66)92-59-93-86-73(61-51-63(89(4,5)6)53-64(52-61)90(7,8)9)43-28-45-79(86)85-72(60-29-14-10-15-30-60)42-27-44-78(85)74-39-22-23-40-75(74)80-57-71(58-83(92)87(80)93)96(68-33-16-11-17-34-68,69-35-18-12-19-36-69)70-37-20-13-21-38-70/h10-58H,1-9H3/i10D,11D,12D,13D,14D,15D,16D,17D,18D,19D,20D,21D,29D,30D,33D,34D,35D,36D,37D,38D. The molecule has 0 saturated carbocycles. The second kappa shape index (κ2) is 23.2. The van der Waals surface area contributed by atoms with Crippen molar-refractivity contribution >= 4 is 61.7 Å². The van der Waals surface area contributed by atoms with E-state index in [1.54, 1.807) is 71.3 Å². The summed E-state index contributed by atoms with van der Waals surface area (Å²) in [5, 5.41) is -0.360. The zero-order valence-electron chi connectivity index (χ0n) is 74.4. The van der Waals surface area contributed by atoms with E-state index in [0.717, 1.165) is 44.1 Å². The van der Waals surface area contributed by atoms with E-state index < -0.39 is 155 Å². The monoisotopic (exact) mass is 1280 g/mol. The molecule has 0 bridgehead atoms. The lowest BCUT2D eigenvalue weighted by Gasteiger charge is -2.35. The van der Waals surface area contributed by atoms with Gasteiger partial charge in [-0.15, -0.1) is 0 Å². The van der Waals surface area contributed by atoms with Gasteiger partial charge >= 0.3 is 0 Å². The third kappa shape index (κ3) is 10.2. The third-order valence-electron chi connectivity index (χ3n) is 18.5. The first-order valence-electron chi connectivity index (χ1n) is 41.9. The van der Waals surface area contributed by atoms with E-state index in [1.165, 1.54) is 0 Å². The van der Waals surface area contributed by atoms with Crippen molar-refractivity contribution in [1.29, 1.82) is 0 Å². The smallest absolute Gasteiger partial charge is 0.269 e. The molecule has 0 aliphatic carbocycles. The van der Waals surface area contributed by atoms with Crippen LogP contribution in [0.5, 0.6) is 11.5 Å². The van der Waals surface area contributed by atoms with E-state index in [-0.39, 0.29) is 32.8 Å². The number of imidazole rings is 1. The Kier molecular flexibility index (Phi) is 10.1. The van der Waals surface area contributed by atoms with Gasteiger partial charge in [-0.1, -0.05) is 298 Å². The summed E-state index contributed by atoms with van der Waals surface area (Å²) in [7, 11) is -5.97. The van der Waals surface area contributed by atoms with Gasteiger partial charge in [0.15, 0.2) is 8.07 Å². The molecule has 15 aromatic rings. The number of rotatable bonds is 10. The molecule has 5 nitrogen and oxygen atoms in total. The predicted molar refractivity (Wildman–Crippen MR) is 403 cm³/mol. The highest BCUT2D eigenvalue weighted by molar-refractivity contribution is 7.20. The van der Waals surface area contributed by atoms with Crippen LogP contribution in [-0.2, 0) is 16.2 Å². The van der Waals surface area contributed by atoms with Crippen LogP contribution in [0.25, 0.3) is 106 Å². The molecule has 466 valence electrons. The van der Waals surface area contributed by atoms with Crippen molar-refractivity contribution in [3.63, 3.8) is 0 Å². The third-order valence-corrected chi connectivity index (χ3v) is 22.6. The molecule has 1 aliphatic heterocycles. The van der Waals surface area contributed by atoms with Crippen molar-refractivity contribution < 1.29 is 36.7 Å². The Morgan fingerprint density at radius 1 is 0.406 bits per heavy atom.